The van der Waals surface area contributed by atoms with Crippen molar-refractivity contribution >= 4 is 15.9 Å². The van der Waals surface area contributed by atoms with Gasteiger partial charge in [-0.2, -0.15) is 0 Å². The van der Waals surface area contributed by atoms with Crippen LogP contribution in [-0.2, 0) is 6.42 Å². The highest BCUT2D eigenvalue weighted by Crippen LogP contribution is 2.23. The van der Waals surface area contributed by atoms with E-state index in [4.69, 9.17) is 0 Å². The topological polar surface area (TPSA) is 26.7 Å². The fourth-order valence-corrected chi connectivity index (χ4v) is 2.95. The van der Waals surface area contributed by atoms with E-state index in [1.54, 1.807) is 6.07 Å². The number of nitrogens with zero attached hydrogens (tertiary/aromatic N) is 2. The summed E-state index contributed by atoms with van der Waals surface area (Å²) >= 11 is 3.25. The highest BCUT2D eigenvalue weighted by atomic mass is 79.9. The molecule has 106 valence electrons. The molecule has 0 aromatic heterocycles. The molecule has 1 aliphatic rings. The van der Waals surface area contributed by atoms with Crippen LogP contribution < -0.4 is 0 Å². The Morgan fingerprint density at radius 3 is 2.89 bits per heavy atom. The fraction of sp³-hybridized carbons (Fsp3) is 0.571. The third-order valence-electron chi connectivity index (χ3n) is 3.80. The molecule has 1 fully saturated rings. The highest BCUT2D eigenvalue weighted by molar-refractivity contribution is 9.10. The van der Waals surface area contributed by atoms with Gasteiger partial charge >= 0.3 is 0 Å². The number of aliphatic hydroxyl groups is 1. The molecule has 0 saturated carbocycles. The van der Waals surface area contributed by atoms with Gasteiger partial charge in [0.1, 0.15) is 5.82 Å². The smallest absolute Gasteiger partial charge is 0.137 e. The van der Waals surface area contributed by atoms with Crippen molar-refractivity contribution in [1.29, 1.82) is 0 Å². The predicted molar refractivity (Wildman–Crippen MR) is 77.7 cm³/mol. The maximum atomic E-state index is 13.5. The van der Waals surface area contributed by atoms with Crippen molar-refractivity contribution in [1.82, 2.24) is 9.80 Å². The Kier molecular flexibility index (Phi) is 4.95. The number of halogens is 2. The lowest BCUT2D eigenvalue weighted by molar-refractivity contribution is 0.0152. The summed E-state index contributed by atoms with van der Waals surface area (Å²) in [5, 5.41) is 10.4. The van der Waals surface area contributed by atoms with Gasteiger partial charge in [-0.05, 0) is 41.7 Å². The third kappa shape index (κ3) is 3.54. The molecule has 1 aromatic carbocycles. The normalized spacial score (nSPS) is 23.5. The van der Waals surface area contributed by atoms with Gasteiger partial charge in [0.2, 0.25) is 0 Å². The van der Waals surface area contributed by atoms with Crippen LogP contribution in [0.15, 0.2) is 22.7 Å². The molecule has 1 saturated heterocycles. The zero-order chi connectivity index (χ0) is 14.0. The maximum Gasteiger partial charge on any atom is 0.137 e. The molecule has 2 atom stereocenters. The van der Waals surface area contributed by atoms with E-state index < -0.39 is 6.10 Å². The minimum atomic E-state index is -0.495. The quantitative estimate of drug-likeness (QED) is 0.914. The molecular formula is C14H20BrFN2O. The summed E-state index contributed by atoms with van der Waals surface area (Å²) in [6.07, 6.45) is -0.0351. The van der Waals surface area contributed by atoms with Crippen molar-refractivity contribution in [2.45, 2.75) is 18.6 Å². The average molecular weight is 331 g/mol. The van der Waals surface area contributed by atoms with Gasteiger partial charge in [0.15, 0.2) is 0 Å². The second-order valence-electron chi connectivity index (χ2n) is 5.29. The number of rotatable bonds is 3. The number of likely N-dealkylation sites (N-methyl/N-ethyl adjacent to an activating group) is 2. The van der Waals surface area contributed by atoms with E-state index in [9.17, 15) is 9.50 Å². The van der Waals surface area contributed by atoms with Crippen LogP contribution in [0.3, 0.4) is 0 Å². The molecule has 0 amide bonds. The number of benzene rings is 1. The van der Waals surface area contributed by atoms with Gasteiger partial charge in [0.05, 0.1) is 10.6 Å². The lowest BCUT2D eigenvalue weighted by Crippen LogP contribution is -2.55. The monoisotopic (exact) mass is 330 g/mol. The van der Waals surface area contributed by atoms with Gasteiger partial charge in [0, 0.05) is 32.1 Å². The van der Waals surface area contributed by atoms with Gasteiger partial charge in [-0.15, -0.1) is 0 Å². The van der Waals surface area contributed by atoms with Gasteiger partial charge in [-0.25, -0.2) is 4.39 Å². The van der Waals surface area contributed by atoms with E-state index in [1.807, 2.05) is 13.1 Å². The van der Waals surface area contributed by atoms with Gasteiger partial charge < -0.3 is 10.0 Å². The summed E-state index contributed by atoms with van der Waals surface area (Å²) in [6, 6.07) is 5.04. The molecule has 5 heteroatoms. The van der Waals surface area contributed by atoms with Crippen LogP contribution in [0.2, 0.25) is 0 Å². The molecule has 2 rings (SSSR count). The largest absolute Gasteiger partial charge is 0.391 e. The summed E-state index contributed by atoms with van der Waals surface area (Å²) < 4.78 is 13.9. The summed E-state index contributed by atoms with van der Waals surface area (Å²) in [5.74, 6) is -0.279. The molecule has 19 heavy (non-hydrogen) atoms. The van der Waals surface area contributed by atoms with Crippen molar-refractivity contribution in [3.8, 4) is 0 Å². The standard InChI is InChI=1S/C14H20BrFN2O/c1-17-6-7-18(2)12(9-17)13(19)8-10-4-3-5-11(16)14(10)15/h3-5,12-13,19H,6-9H2,1-2H3. The zero-order valence-corrected chi connectivity index (χ0v) is 12.9. The Bertz CT molecular complexity index is 443. The Balaban J connectivity index is 2.07. The second kappa shape index (κ2) is 6.31. The van der Waals surface area contributed by atoms with Gasteiger partial charge in [0.25, 0.3) is 0 Å². The molecular weight excluding hydrogens is 311 g/mol. The average Bonchev–Trinajstić information content (AvgIpc) is 2.38. The lowest BCUT2D eigenvalue weighted by Gasteiger charge is -2.40. The Morgan fingerprint density at radius 2 is 2.16 bits per heavy atom. The summed E-state index contributed by atoms with van der Waals surface area (Å²) in [7, 11) is 4.09. The van der Waals surface area contributed by atoms with E-state index in [0.29, 0.717) is 10.9 Å². The third-order valence-corrected chi connectivity index (χ3v) is 4.69. The summed E-state index contributed by atoms with van der Waals surface area (Å²) in [4.78, 5) is 4.40. The van der Waals surface area contributed by atoms with Crippen molar-refractivity contribution < 1.29 is 9.50 Å². The minimum absolute atomic E-state index is 0.0916. The van der Waals surface area contributed by atoms with Crippen molar-refractivity contribution in [2.75, 3.05) is 33.7 Å². The lowest BCUT2D eigenvalue weighted by atomic mass is 9.99. The first-order chi connectivity index (χ1) is 8.99. The first kappa shape index (κ1) is 14.9. The predicted octanol–water partition coefficient (Wildman–Crippen LogP) is 1.74. The van der Waals surface area contributed by atoms with Crippen LogP contribution in [0.1, 0.15) is 5.56 Å². The Hall–Kier alpha value is -0.490. The zero-order valence-electron chi connectivity index (χ0n) is 11.3. The van der Waals surface area contributed by atoms with Crippen LogP contribution in [-0.4, -0.2) is 60.8 Å². The van der Waals surface area contributed by atoms with Crippen molar-refractivity contribution in [2.24, 2.45) is 0 Å². The Labute approximate surface area is 122 Å². The molecule has 1 aliphatic heterocycles. The van der Waals surface area contributed by atoms with E-state index >= 15 is 0 Å². The fourth-order valence-electron chi connectivity index (χ4n) is 2.53. The van der Waals surface area contributed by atoms with Crippen LogP contribution in [0.5, 0.6) is 0 Å². The number of hydrogen-bond acceptors (Lipinski definition) is 3. The highest BCUT2D eigenvalue weighted by Gasteiger charge is 2.29. The molecule has 0 bridgehead atoms. The molecule has 1 N–H and O–H groups in total. The first-order valence-electron chi connectivity index (χ1n) is 6.48. The maximum absolute atomic E-state index is 13.5. The first-order valence-corrected chi connectivity index (χ1v) is 7.28. The minimum Gasteiger partial charge on any atom is -0.391 e. The van der Waals surface area contributed by atoms with Crippen LogP contribution in [0.4, 0.5) is 4.39 Å². The number of piperazine rings is 1. The van der Waals surface area contributed by atoms with Gasteiger partial charge in [-0.3, -0.25) is 4.90 Å². The summed E-state index contributed by atoms with van der Waals surface area (Å²) in [5.41, 5.74) is 0.814. The van der Waals surface area contributed by atoms with E-state index in [-0.39, 0.29) is 11.9 Å². The van der Waals surface area contributed by atoms with E-state index in [1.165, 1.54) is 6.07 Å². The van der Waals surface area contributed by atoms with Gasteiger partial charge in [-0.1, -0.05) is 12.1 Å². The van der Waals surface area contributed by atoms with Crippen LogP contribution in [0, 0.1) is 5.82 Å². The van der Waals surface area contributed by atoms with E-state index in [0.717, 1.165) is 25.2 Å². The summed E-state index contributed by atoms with van der Waals surface area (Å²) in [6.45, 7) is 2.80. The Morgan fingerprint density at radius 1 is 1.42 bits per heavy atom. The van der Waals surface area contributed by atoms with Crippen molar-refractivity contribution in [3.05, 3.63) is 34.1 Å². The van der Waals surface area contributed by atoms with Crippen molar-refractivity contribution in [3.63, 3.8) is 0 Å². The molecule has 0 radical (unpaired) electrons. The number of aliphatic hydroxyl groups excluding tert-OH is 1. The molecule has 1 heterocycles. The second-order valence-corrected chi connectivity index (χ2v) is 6.09. The molecule has 1 aromatic rings. The van der Waals surface area contributed by atoms with E-state index in [2.05, 4.69) is 32.8 Å². The molecule has 0 aliphatic carbocycles. The number of hydrogen-bond donors (Lipinski definition) is 1. The molecule has 0 spiro atoms. The van der Waals surface area contributed by atoms with Crippen LogP contribution in [0.25, 0.3) is 0 Å². The molecule has 3 nitrogen and oxygen atoms in total. The van der Waals surface area contributed by atoms with Crippen LogP contribution >= 0.6 is 15.9 Å². The SMILES string of the molecule is CN1CCN(C)C(C(O)Cc2cccc(F)c2Br)C1. The molecule has 2 unspecified atom stereocenters.